The molecule has 0 atom stereocenters. The van der Waals surface area contributed by atoms with E-state index in [1.807, 2.05) is 36.2 Å². The number of rotatable bonds is 5. The fourth-order valence-corrected chi connectivity index (χ4v) is 3.21. The van der Waals surface area contributed by atoms with Crippen molar-refractivity contribution in [1.82, 2.24) is 14.5 Å². The summed E-state index contributed by atoms with van der Waals surface area (Å²) in [6, 6.07) is 14.7. The van der Waals surface area contributed by atoms with Gasteiger partial charge in [-0.3, -0.25) is 14.3 Å². The predicted octanol–water partition coefficient (Wildman–Crippen LogP) is 3.86. The van der Waals surface area contributed by atoms with Crippen molar-refractivity contribution in [3.63, 3.8) is 0 Å². The molecule has 3 aromatic rings. The van der Waals surface area contributed by atoms with Crippen LogP contribution in [0, 0.1) is 11.3 Å². The molecule has 0 N–H and O–H groups in total. The largest absolute Gasteiger partial charge is 0.295 e. The molecule has 3 rings (SSSR count). The van der Waals surface area contributed by atoms with Gasteiger partial charge >= 0.3 is 0 Å². The number of halogens is 2. The number of nitrogens with zero attached hydrogens (tertiary/aromatic N) is 4. The molecule has 0 aliphatic carbocycles. The summed E-state index contributed by atoms with van der Waals surface area (Å²) in [4.78, 5) is 19.3. The molecule has 132 valence electrons. The lowest BCUT2D eigenvalue weighted by Crippen LogP contribution is -2.29. The van der Waals surface area contributed by atoms with Crippen molar-refractivity contribution < 1.29 is 0 Å². The van der Waals surface area contributed by atoms with E-state index in [0.717, 1.165) is 5.56 Å². The molecular weight excluding hydrogens is 371 g/mol. The first kappa shape index (κ1) is 18.4. The van der Waals surface area contributed by atoms with E-state index in [-0.39, 0.29) is 12.1 Å². The van der Waals surface area contributed by atoms with E-state index in [0.29, 0.717) is 39.9 Å². The number of hydrogen-bond acceptors (Lipinski definition) is 4. The lowest BCUT2D eigenvalue weighted by atomic mass is 10.2. The average molecular weight is 387 g/mol. The van der Waals surface area contributed by atoms with Crippen molar-refractivity contribution >= 4 is 34.1 Å². The maximum Gasteiger partial charge on any atom is 0.262 e. The minimum absolute atomic E-state index is 0.0439. The summed E-state index contributed by atoms with van der Waals surface area (Å²) >= 11 is 12.3. The Morgan fingerprint density at radius 3 is 2.69 bits per heavy atom. The second kappa shape index (κ2) is 7.88. The normalized spacial score (nSPS) is 11.0. The Morgan fingerprint density at radius 1 is 1.15 bits per heavy atom. The average Bonchev–Trinajstić information content (AvgIpc) is 2.62. The van der Waals surface area contributed by atoms with Gasteiger partial charge in [0.25, 0.3) is 5.56 Å². The third-order valence-corrected chi connectivity index (χ3v) is 4.91. The van der Waals surface area contributed by atoms with Crippen LogP contribution in [0.1, 0.15) is 11.4 Å². The molecule has 26 heavy (non-hydrogen) atoms. The number of aromatic nitrogens is 2. The first-order valence-corrected chi connectivity index (χ1v) is 8.73. The minimum Gasteiger partial charge on any atom is -0.295 e. The quantitative estimate of drug-likeness (QED) is 0.667. The Bertz CT molecular complexity index is 1060. The molecule has 2 aromatic carbocycles. The van der Waals surface area contributed by atoms with Crippen LogP contribution in [0.3, 0.4) is 0 Å². The second-order valence-corrected chi connectivity index (χ2v) is 6.76. The summed E-state index contributed by atoms with van der Waals surface area (Å²) in [6.45, 7) is 0.886. The van der Waals surface area contributed by atoms with Crippen LogP contribution in [0.25, 0.3) is 10.9 Å². The molecule has 0 aliphatic heterocycles. The van der Waals surface area contributed by atoms with Gasteiger partial charge in [-0.2, -0.15) is 5.26 Å². The van der Waals surface area contributed by atoms with Gasteiger partial charge in [-0.1, -0.05) is 47.5 Å². The second-order valence-electron chi connectivity index (χ2n) is 5.98. The molecule has 1 heterocycles. The van der Waals surface area contributed by atoms with Crippen LogP contribution >= 0.6 is 23.2 Å². The van der Waals surface area contributed by atoms with Crippen LogP contribution in [0.2, 0.25) is 10.0 Å². The highest BCUT2D eigenvalue weighted by Crippen LogP contribution is 2.26. The highest BCUT2D eigenvalue weighted by Gasteiger charge is 2.14. The Kier molecular flexibility index (Phi) is 5.58. The lowest BCUT2D eigenvalue weighted by Gasteiger charge is -2.19. The van der Waals surface area contributed by atoms with Gasteiger partial charge in [0, 0.05) is 6.54 Å². The molecule has 0 amide bonds. The van der Waals surface area contributed by atoms with Crippen LogP contribution < -0.4 is 5.56 Å². The van der Waals surface area contributed by atoms with E-state index in [2.05, 4.69) is 4.98 Å². The zero-order valence-electron chi connectivity index (χ0n) is 14.1. The Hall–Kier alpha value is -2.39. The lowest BCUT2D eigenvalue weighted by molar-refractivity contribution is 0.304. The highest BCUT2D eigenvalue weighted by molar-refractivity contribution is 6.42. The predicted molar refractivity (Wildman–Crippen MR) is 103 cm³/mol. The van der Waals surface area contributed by atoms with Crippen LogP contribution in [-0.4, -0.2) is 21.5 Å². The maximum atomic E-state index is 12.7. The number of benzene rings is 2. The molecule has 0 saturated heterocycles. The van der Waals surface area contributed by atoms with Gasteiger partial charge in [-0.25, -0.2) is 4.98 Å². The number of nitriles is 1. The molecule has 0 aliphatic rings. The summed E-state index contributed by atoms with van der Waals surface area (Å²) in [5.74, 6) is 0.538. The zero-order valence-corrected chi connectivity index (χ0v) is 15.6. The molecular formula is C19H16Cl2N4O. The van der Waals surface area contributed by atoms with E-state index in [9.17, 15) is 4.79 Å². The van der Waals surface area contributed by atoms with Crippen molar-refractivity contribution in [2.24, 2.45) is 0 Å². The van der Waals surface area contributed by atoms with Gasteiger partial charge in [0.15, 0.2) is 0 Å². The Balaban J connectivity index is 1.94. The van der Waals surface area contributed by atoms with E-state index in [1.54, 1.807) is 24.3 Å². The minimum atomic E-state index is -0.207. The standard InChI is InChI=1S/C19H16Cl2N4O/c1-24(11-13-5-4-7-15(20)18(13)21)12-17-23-16-8-3-2-6-14(16)19(26)25(17)10-9-22/h2-8H,10-12H2,1H3. The van der Waals surface area contributed by atoms with Crippen LogP contribution in [-0.2, 0) is 19.6 Å². The van der Waals surface area contributed by atoms with Crippen molar-refractivity contribution in [2.45, 2.75) is 19.6 Å². The van der Waals surface area contributed by atoms with Gasteiger partial charge < -0.3 is 0 Å². The first-order valence-electron chi connectivity index (χ1n) is 7.98. The van der Waals surface area contributed by atoms with Crippen molar-refractivity contribution in [3.05, 3.63) is 74.3 Å². The van der Waals surface area contributed by atoms with Gasteiger partial charge in [-0.15, -0.1) is 0 Å². The van der Waals surface area contributed by atoms with E-state index < -0.39 is 0 Å². The van der Waals surface area contributed by atoms with Crippen molar-refractivity contribution in [1.29, 1.82) is 5.26 Å². The maximum absolute atomic E-state index is 12.7. The molecule has 0 bridgehead atoms. The van der Waals surface area contributed by atoms with Crippen LogP contribution in [0.15, 0.2) is 47.3 Å². The fraction of sp³-hybridized carbons (Fsp3) is 0.211. The molecule has 0 unspecified atom stereocenters. The van der Waals surface area contributed by atoms with Crippen molar-refractivity contribution in [2.75, 3.05) is 7.05 Å². The summed E-state index contributed by atoms with van der Waals surface area (Å²) in [5.41, 5.74) is 1.30. The van der Waals surface area contributed by atoms with Gasteiger partial charge in [0.2, 0.25) is 0 Å². The summed E-state index contributed by atoms with van der Waals surface area (Å²) < 4.78 is 1.42. The number of fused-ring (bicyclic) bond motifs is 1. The fourth-order valence-electron chi connectivity index (χ4n) is 2.83. The Morgan fingerprint density at radius 2 is 1.92 bits per heavy atom. The smallest absolute Gasteiger partial charge is 0.262 e. The molecule has 0 spiro atoms. The molecule has 7 heteroatoms. The summed E-state index contributed by atoms with van der Waals surface area (Å²) in [5, 5.41) is 10.6. The molecule has 5 nitrogen and oxygen atoms in total. The molecule has 0 fully saturated rings. The van der Waals surface area contributed by atoms with Crippen molar-refractivity contribution in [3.8, 4) is 6.07 Å². The summed E-state index contributed by atoms with van der Waals surface area (Å²) in [7, 11) is 1.90. The third-order valence-electron chi connectivity index (χ3n) is 4.05. The van der Waals surface area contributed by atoms with Gasteiger partial charge in [0.1, 0.15) is 12.4 Å². The van der Waals surface area contributed by atoms with E-state index in [1.165, 1.54) is 4.57 Å². The number of para-hydroxylation sites is 1. The van der Waals surface area contributed by atoms with Crippen LogP contribution in [0.4, 0.5) is 0 Å². The van der Waals surface area contributed by atoms with E-state index >= 15 is 0 Å². The topological polar surface area (TPSA) is 61.9 Å². The van der Waals surface area contributed by atoms with Crippen LogP contribution in [0.5, 0.6) is 0 Å². The monoisotopic (exact) mass is 386 g/mol. The number of hydrogen-bond donors (Lipinski definition) is 0. The molecule has 1 aromatic heterocycles. The van der Waals surface area contributed by atoms with Gasteiger partial charge in [-0.05, 0) is 30.8 Å². The van der Waals surface area contributed by atoms with Gasteiger partial charge in [0.05, 0.1) is 33.6 Å². The zero-order chi connectivity index (χ0) is 18.7. The van der Waals surface area contributed by atoms with E-state index in [4.69, 9.17) is 28.5 Å². The Labute approximate surface area is 161 Å². The first-order chi connectivity index (χ1) is 12.5. The third kappa shape index (κ3) is 3.73. The SMILES string of the molecule is CN(Cc1cccc(Cl)c1Cl)Cc1nc2ccccc2c(=O)n1CC#N. The highest BCUT2D eigenvalue weighted by atomic mass is 35.5. The molecule has 0 radical (unpaired) electrons. The molecule has 0 saturated carbocycles. The summed E-state index contributed by atoms with van der Waals surface area (Å²) in [6.07, 6.45) is 0.